The summed E-state index contributed by atoms with van der Waals surface area (Å²) in [4.78, 5) is 12.4. The van der Waals surface area contributed by atoms with Gasteiger partial charge >= 0.3 is 7.38 Å². The van der Waals surface area contributed by atoms with E-state index in [4.69, 9.17) is 26.2 Å². The molecule has 1 aromatic carbocycles. The van der Waals surface area contributed by atoms with Gasteiger partial charge in [-0.2, -0.15) is 0 Å². The summed E-state index contributed by atoms with van der Waals surface area (Å²) in [6.45, 7) is 3.96. The summed E-state index contributed by atoms with van der Waals surface area (Å²) < 4.78 is 24.1. The van der Waals surface area contributed by atoms with Gasteiger partial charge in [-0.15, -0.1) is 0 Å². The van der Waals surface area contributed by atoms with Gasteiger partial charge in [0.2, 0.25) is 0 Å². The molecule has 0 aliphatic rings. The number of rotatable bonds is 6. The van der Waals surface area contributed by atoms with E-state index in [1.807, 2.05) is 26.0 Å². The predicted molar refractivity (Wildman–Crippen MR) is 94.4 cm³/mol. The zero-order chi connectivity index (χ0) is 18.0. The van der Waals surface area contributed by atoms with Crippen LogP contribution in [0.25, 0.3) is 11.2 Å². The van der Waals surface area contributed by atoms with E-state index >= 15 is 0 Å². The minimum Gasteiger partial charge on any atom is -0.382 e. The van der Waals surface area contributed by atoms with E-state index in [1.54, 1.807) is 23.0 Å². The highest BCUT2D eigenvalue weighted by atomic mass is 35.7. The van der Waals surface area contributed by atoms with Gasteiger partial charge in [-0.25, -0.2) is 19.5 Å². The largest absolute Gasteiger partial charge is 0.683 e. The molecular formula is C15H16ClN5O3P+. The first-order chi connectivity index (χ1) is 11.9. The predicted octanol–water partition coefficient (Wildman–Crippen LogP) is 3.59. The van der Waals surface area contributed by atoms with Crippen LogP contribution in [0.5, 0.6) is 5.75 Å². The minimum atomic E-state index is -2.27. The van der Waals surface area contributed by atoms with E-state index < -0.39 is 13.1 Å². The second-order valence-electron chi connectivity index (χ2n) is 5.69. The standard InChI is InChI=1S/C15H16ClN5O3P/c1-15(2,21-9-20-12-13(17)18-8-19-14(12)21)23-7-10-5-3-4-6-11(10)24-25(16)22/h3-6,8-9H,7H2,1-2H3,(H2,17,18,19)/q+1. The second kappa shape index (κ2) is 6.92. The highest BCUT2D eigenvalue weighted by molar-refractivity contribution is 7.70. The molecule has 2 aromatic heterocycles. The number of ether oxygens (including phenoxy) is 1. The van der Waals surface area contributed by atoms with E-state index in [0.29, 0.717) is 22.7 Å². The molecule has 1 atom stereocenters. The van der Waals surface area contributed by atoms with Gasteiger partial charge in [-0.1, -0.05) is 18.2 Å². The fourth-order valence-corrected chi connectivity index (χ4v) is 2.92. The van der Waals surface area contributed by atoms with E-state index in [0.717, 1.165) is 5.56 Å². The van der Waals surface area contributed by atoms with Gasteiger partial charge in [0.25, 0.3) is 11.2 Å². The molecule has 0 fully saturated rings. The van der Waals surface area contributed by atoms with E-state index in [2.05, 4.69) is 15.0 Å². The number of para-hydroxylation sites is 1. The molecule has 3 aromatic rings. The maximum absolute atomic E-state index is 11.1. The van der Waals surface area contributed by atoms with Crippen molar-refractivity contribution < 1.29 is 13.8 Å². The Morgan fingerprint density at radius 1 is 1.28 bits per heavy atom. The van der Waals surface area contributed by atoms with Crippen LogP contribution < -0.4 is 10.3 Å². The topological polar surface area (TPSA) is 105 Å². The first-order valence-corrected chi connectivity index (χ1v) is 9.43. The lowest BCUT2D eigenvalue weighted by molar-refractivity contribution is -0.0867. The maximum Gasteiger partial charge on any atom is 0.683 e. The number of benzene rings is 1. The molecule has 0 spiro atoms. The van der Waals surface area contributed by atoms with Crippen LogP contribution in [0.2, 0.25) is 0 Å². The normalized spacial score (nSPS) is 12.4. The average molecular weight is 381 g/mol. The zero-order valence-corrected chi connectivity index (χ0v) is 15.2. The number of hydrogen-bond acceptors (Lipinski definition) is 7. The molecule has 8 nitrogen and oxygen atoms in total. The van der Waals surface area contributed by atoms with Crippen LogP contribution in [0.4, 0.5) is 5.82 Å². The third-order valence-electron chi connectivity index (χ3n) is 3.67. The maximum atomic E-state index is 11.1. The Morgan fingerprint density at radius 2 is 2.04 bits per heavy atom. The van der Waals surface area contributed by atoms with Gasteiger partial charge in [0.15, 0.2) is 17.2 Å². The van der Waals surface area contributed by atoms with Crippen LogP contribution in [-0.4, -0.2) is 19.5 Å². The van der Waals surface area contributed by atoms with E-state index in [1.165, 1.54) is 6.33 Å². The molecule has 0 saturated heterocycles. The lowest BCUT2D eigenvalue weighted by atomic mass is 10.2. The molecular weight excluding hydrogens is 365 g/mol. The third-order valence-corrected chi connectivity index (χ3v) is 4.21. The Kier molecular flexibility index (Phi) is 4.85. The van der Waals surface area contributed by atoms with Crippen molar-refractivity contribution in [1.82, 2.24) is 19.5 Å². The molecule has 130 valence electrons. The number of nitrogens with zero attached hydrogens (tertiary/aromatic N) is 4. The van der Waals surface area contributed by atoms with Crippen LogP contribution >= 0.6 is 18.6 Å². The minimum absolute atomic E-state index is 0.212. The lowest BCUT2D eigenvalue weighted by Crippen LogP contribution is -2.29. The number of halogens is 1. The number of nitrogens with two attached hydrogens (primary N) is 1. The first-order valence-electron chi connectivity index (χ1n) is 7.35. The molecule has 0 aliphatic heterocycles. The summed E-state index contributed by atoms with van der Waals surface area (Å²) in [6, 6.07) is 7.10. The number of fused-ring (bicyclic) bond motifs is 1. The van der Waals surface area contributed by atoms with Crippen molar-refractivity contribution in [2.45, 2.75) is 26.2 Å². The van der Waals surface area contributed by atoms with Crippen LogP contribution in [0.1, 0.15) is 19.4 Å². The van der Waals surface area contributed by atoms with Crippen LogP contribution in [0.15, 0.2) is 36.9 Å². The third kappa shape index (κ3) is 3.71. The average Bonchev–Trinajstić information content (AvgIpc) is 3.00. The Morgan fingerprint density at radius 3 is 2.80 bits per heavy atom. The van der Waals surface area contributed by atoms with Crippen molar-refractivity contribution in [1.29, 1.82) is 0 Å². The SMILES string of the molecule is CC(C)(OCc1ccccc1O[P+](=O)Cl)n1cnc2c(N)ncnc21. The molecule has 0 bridgehead atoms. The van der Waals surface area contributed by atoms with E-state index in [9.17, 15) is 4.57 Å². The summed E-state index contributed by atoms with van der Waals surface area (Å²) in [6.07, 6.45) is 2.99. The molecule has 2 heterocycles. The summed E-state index contributed by atoms with van der Waals surface area (Å²) in [7, 11) is -2.27. The van der Waals surface area contributed by atoms with Gasteiger partial charge in [0, 0.05) is 10.1 Å². The quantitative estimate of drug-likeness (QED) is 0.651. The fraction of sp³-hybridized carbons (Fsp3) is 0.267. The van der Waals surface area contributed by atoms with E-state index in [-0.39, 0.29) is 6.61 Å². The molecule has 0 aliphatic carbocycles. The van der Waals surface area contributed by atoms with Crippen molar-refractivity contribution in [3.05, 3.63) is 42.5 Å². The van der Waals surface area contributed by atoms with Gasteiger partial charge in [-0.05, 0) is 19.9 Å². The Hall–Kier alpha value is -2.28. The first kappa shape index (κ1) is 17.5. The number of aromatic nitrogens is 4. The van der Waals surface area contributed by atoms with Crippen LogP contribution in [0.3, 0.4) is 0 Å². The second-order valence-corrected chi connectivity index (χ2v) is 7.13. The summed E-state index contributed by atoms with van der Waals surface area (Å²) in [5.41, 5.74) is 6.86. The van der Waals surface area contributed by atoms with Gasteiger partial charge in [-0.3, -0.25) is 4.57 Å². The van der Waals surface area contributed by atoms with Crippen LogP contribution in [-0.2, 0) is 21.6 Å². The monoisotopic (exact) mass is 380 g/mol. The molecule has 10 heteroatoms. The Labute approximate surface area is 149 Å². The van der Waals surface area contributed by atoms with Gasteiger partial charge in [0.1, 0.15) is 17.6 Å². The number of imidazole rings is 1. The molecule has 1 unspecified atom stereocenters. The highest BCUT2D eigenvalue weighted by Crippen LogP contribution is 2.34. The molecule has 0 radical (unpaired) electrons. The van der Waals surface area contributed by atoms with Crippen molar-refractivity contribution in [3.8, 4) is 5.75 Å². The summed E-state index contributed by atoms with van der Waals surface area (Å²) in [5.74, 6) is 0.723. The van der Waals surface area contributed by atoms with Crippen molar-refractivity contribution in [3.63, 3.8) is 0 Å². The van der Waals surface area contributed by atoms with Gasteiger partial charge in [0.05, 0.1) is 12.9 Å². The Bertz CT molecular complexity index is 930. The molecule has 25 heavy (non-hydrogen) atoms. The molecule has 0 amide bonds. The van der Waals surface area contributed by atoms with Crippen molar-refractivity contribution in [2.75, 3.05) is 5.73 Å². The number of hydrogen-bond donors (Lipinski definition) is 1. The van der Waals surface area contributed by atoms with Crippen LogP contribution in [0, 0.1) is 0 Å². The molecule has 3 rings (SSSR count). The van der Waals surface area contributed by atoms with Gasteiger partial charge < -0.3 is 10.5 Å². The fourth-order valence-electron chi connectivity index (χ4n) is 2.36. The molecule has 2 N–H and O–H groups in total. The Balaban J connectivity index is 1.85. The number of anilines is 1. The molecule has 0 saturated carbocycles. The summed E-state index contributed by atoms with van der Waals surface area (Å²) in [5, 5.41) is 0. The summed E-state index contributed by atoms with van der Waals surface area (Å²) >= 11 is 5.44. The smallest absolute Gasteiger partial charge is 0.382 e. The zero-order valence-electron chi connectivity index (χ0n) is 13.6. The highest BCUT2D eigenvalue weighted by Gasteiger charge is 2.26. The number of nitrogen functional groups attached to an aromatic ring is 1. The lowest BCUT2D eigenvalue weighted by Gasteiger charge is -2.27. The van der Waals surface area contributed by atoms with Crippen molar-refractivity contribution in [2.24, 2.45) is 0 Å². The van der Waals surface area contributed by atoms with Crippen molar-refractivity contribution >= 4 is 35.6 Å².